The first-order chi connectivity index (χ1) is 5.24. The van der Waals surface area contributed by atoms with Gasteiger partial charge in [0, 0.05) is 12.2 Å². The number of thioether (sulfide) groups is 1. The van der Waals surface area contributed by atoms with E-state index in [1.54, 1.807) is 18.7 Å². The molecule has 1 atom stereocenters. The fourth-order valence-electron chi connectivity index (χ4n) is 0.540. The Morgan fingerprint density at radius 1 is 1.64 bits per heavy atom. The van der Waals surface area contributed by atoms with E-state index in [-0.39, 0.29) is 11.4 Å². The first-order valence-corrected chi connectivity index (χ1v) is 5.34. The second-order valence-corrected chi connectivity index (χ2v) is 3.71. The van der Waals surface area contributed by atoms with Gasteiger partial charge in [-0.2, -0.15) is 12.6 Å². The fourth-order valence-corrected chi connectivity index (χ4v) is 1.58. The van der Waals surface area contributed by atoms with Crippen molar-refractivity contribution in [3.05, 3.63) is 0 Å². The predicted octanol–water partition coefficient (Wildman–Crippen LogP) is 1.95. The van der Waals surface area contributed by atoms with Crippen LogP contribution in [0.5, 0.6) is 0 Å². The Bertz CT molecular complexity index is 117. The standard InChI is InChI=1S/C7H14O2S2/c1-3-6(8)9-7(5-10)11-4-2/h7,10H,3-5H2,1-2H3. The van der Waals surface area contributed by atoms with Gasteiger partial charge in [0.15, 0.2) is 5.44 Å². The van der Waals surface area contributed by atoms with Crippen LogP contribution in [0.4, 0.5) is 0 Å². The van der Waals surface area contributed by atoms with Gasteiger partial charge in [-0.1, -0.05) is 13.8 Å². The molecule has 66 valence electrons. The molecule has 0 amide bonds. The summed E-state index contributed by atoms with van der Waals surface area (Å²) in [7, 11) is 0. The highest BCUT2D eigenvalue weighted by Crippen LogP contribution is 2.13. The van der Waals surface area contributed by atoms with Crippen LogP contribution in [0.2, 0.25) is 0 Å². The molecule has 0 heterocycles. The second-order valence-electron chi connectivity index (χ2n) is 1.91. The average Bonchev–Trinajstić information content (AvgIpc) is 2.03. The summed E-state index contributed by atoms with van der Waals surface area (Å²) in [4.78, 5) is 10.8. The molecule has 0 aromatic carbocycles. The van der Waals surface area contributed by atoms with E-state index in [0.29, 0.717) is 12.2 Å². The van der Waals surface area contributed by atoms with Crippen LogP contribution in [-0.4, -0.2) is 22.9 Å². The Kier molecular flexibility index (Phi) is 6.96. The van der Waals surface area contributed by atoms with Gasteiger partial charge in [-0.3, -0.25) is 4.79 Å². The second kappa shape index (κ2) is 6.85. The third-order valence-electron chi connectivity index (χ3n) is 1.05. The highest BCUT2D eigenvalue weighted by atomic mass is 32.2. The number of esters is 1. The molecular weight excluding hydrogens is 180 g/mol. The number of hydrogen-bond donors (Lipinski definition) is 1. The molecule has 11 heavy (non-hydrogen) atoms. The van der Waals surface area contributed by atoms with Crippen molar-refractivity contribution in [2.75, 3.05) is 11.5 Å². The maximum Gasteiger partial charge on any atom is 0.306 e. The molecule has 0 aliphatic rings. The molecule has 0 radical (unpaired) electrons. The van der Waals surface area contributed by atoms with Crippen molar-refractivity contribution in [3.8, 4) is 0 Å². The monoisotopic (exact) mass is 194 g/mol. The quantitative estimate of drug-likeness (QED) is 0.411. The molecule has 0 spiro atoms. The normalized spacial score (nSPS) is 12.6. The molecule has 4 heteroatoms. The number of carbonyl (C=O) groups is 1. The predicted molar refractivity (Wildman–Crippen MR) is 52.2 cm³/mol. The molecule has 1 unspecified atom stereocenters. The minimum absolute atomic E-state index is 0.0733. The Hall–Kier alpha value is 0.170. The summed E-state index contributed by atoms with van der Waals surface area (Å²) in [5.41, 5.74) is -0.0733. The van der Waals surface area contributed by atoms with Crippen molar-refractivity contribution < 1.29 is 9.53 Å². The zero-order valence-corrected chi connectivity index (χ0v) is 8.58. The van der Waals surface area contributed by atoms with Crippen LogP contribution in [-0.2, 0) is 9.53 Å². The van der Waals surface area contributed by atoms with Gasteiger partial charge < -0.3 is 4.74 Å². The van der Waals surface area contributed by atoms with Crippen LogP contribution in [0, 0.1) is 0 Å². The van der Waals surface area contributed by atoms with Crippen LogP contribution in [0.15, 0.2) is 0 Å². The molecule has 0 saturated carbocycles. The molecule has 0 rings (SSSR count). The van der Waals surface area contributed by atoms with Gasteiger partial charge in [0.2, 0.25) is 0 Å². The third-order valence-corrected chi connectivity index (χ3v) is 2.60. The zero-order valence-electron chi connectivity index (χ0n) is 6.87. The van der Waals surface area contributed by atoms with Crippen molar-refractivity contribution in [1.82, 2.24) is 0 Å². The molecule has 0 N–H and O–H groups in total. The van der Waals surface area contributed by atoms with Crippen LogP contribution in [0.1, 0.15) is 20.3 Å². The summed E-state index contributed by atoms with van der Waals surface area (Å²) in [5, 5.41) is 0. The number of thiol groups is 1. The van der Waals surface area contributed by atoms with Crippen LogP contribution >= 0.6 is 24.4 Å². The number of carbonyl (C=O) groups excluding carboxylic acids is 1. The third kappa shape index (κ3) is 5.44. The molecule has 2 nitrogen and oxygen atoms in total. The molecule has 0 aromatic heterocycles. The summed E-state index contributed by atoms with van der Waals surface area (Å²) in [6, 6.07) is 0. The van der Waals surface area contributed by atoms with Gasteiger partial charge in [-0.15, -0.1) is 11.8 Å². The number of hydrogen-bond acceptors (Lipinski definition) is 4. The van der Waals surface area contributed by atoms with E-state index in [0.717, 1.165) is 5.75 Å². The summed E-state index contributed by atoms with van der Waals surface area (Å²) < 4.78 is 5.04. The van der Waals surface area contributed by atoms with Crippen molar-refractivity contribution in [2.24, 2.45) is 0 Å². The molecule has 0 aromatic rings. The van der Waals surface area contributed by atoms with Crippen LogP contribution in [0.25, 0.3) is 0 Å². The van der Waals surface area contributed by atoms with Gasteiger partial charge in [0.05, 0.1) is 0 Å². The first-order valence-electron chi connectivity index (χ1n) is 3.66. The lowest BCUT2D eigenvalue weighted by Gasteiger charge is -2.13. The van der Waals surface area contributed by atoms with E-state index in [1.165, 1.54) is 0 Å². The average molecular weight is 194 g/mol. The summed E-state index contributed by atoms with van der Waals surface area (Å²) in [5.74, 6) is 1.39. The van der Waals surface area contributed by atoms with E-state index in [9.17, 15) is 4.79 Å². The first kappa shape index (κ1) is 11.2. The molecule has 0 saturated heterocycles. The maximum atomic E-state index is 10.8. The Morgan fingerprint density at radius 2 is 2.27 bits per heavy atom. The minimum Gasteiger partial charge on any atom is -0.450 e. The number of rotatable bonds is 5. The van der Waals surface area contributed by atoms with E-state index >= 15 is 0 Å². The summed E-state index contributed by atoms with van der Waals surface area (Å²) >= 11 is 5.67. The smallest absolute Gasteiger partial charge is 0.306 e. The zero-order chi connectivity index (χ0) is 8.69. The highest BCUT2D eigenvalue weighted by Gasteiger charge is 2.09. The lowest BCUT2D eigenvalue weighted by Crippen LogP contribution is -2.15. The number of ether oxygens (including phenoxy) is 1. The van der Waals surface area contributed by atoms with Gasteiger partial charge in [0.1, 0.15) is 0 Å². The molecule has 0 bridgehead atoms. The fraction of sp³-hybridized carbons (Fsp3) is 0.857. The topological polar surface area (TPSA) is 26.3 Å². The Balaban J connectivity index is 3.58. The van der Waals surface area contributed by atoms with E-state index in [4.69, 9.17) is 4.74 Å². The van der Waals surface area contributed by atoms with Crippen molar-refractivity contribution in [2.45, 2.75) is 25.7 Å². The van der Waals surface area contributed by atoms with Crippen LogP contribution < -0.4 is 0 Å². The van der Waals surface area contributed by atoms with Gasteiger partial charge in [0.25, 0.3) is 0 Å². The van der Waals surface area contributed by atoms with Crippen molar-refractivity contribution in [1.29, 1.82) is 0 Å². The maximum absolute atomic E-state index is 10.8. The molecular formula is C7H14O2S2. The van der Waals surface area contributed by atoms with Crippen molar-refractivity contribution in [3.63, 3.8) is 0 Å². The van der Waals surface area contributed by atoms with E-state index in [1.807, 2.05) is 6.92 Å². The minimum atomic E-state index is -0.148. The summed E-state index contributed by atoms with van der Waals surface area (Å²) in [6.45, 7) is 3.81. The lowest BCUT2D eigenvalue weighted by molar-refractivity contribution is -0.143. The molecule has 0 fully saturated rings. The van der Waals surface area contributed by atoms with E-state index in [2.05, 4.69) is 12.6 Å². The van der Waals surface area contributed by atoms with E-state index < -0.39 is 0 Å². The van der Waals surface area contributed by atoms with Gasteiger partial charge in [-0.25, -0.2) is 0 Å². The SMILES string of the molecule is CCSC(CS)OC(=O)CC. The Morgan fingerprint density at radius 3 is 2.64 bits per heavy atom. The lowest BCUT2D eigenvalue weighted by atomic mass is 10.5. The Labute approximate surface area is 77.5 Å². The van der Waals surface area contributed by atoms with Crippen LogP contribution in [0.3, 0.4) is 0 Å². The highest BCUT2D eigenvalue weighted by molar-refractivity contribution is 8.00. The molecule has 0 aliphatic carbocycles. The van der Waals surface area contributed by atoms with Gasteiger partial charge in [-0.05, 0) is 5.75 Å². The molecule has 0 aliphatic heterocycles. The largest absolute Gasteiger partial charge is 0.450 e. The van der Waals surface area contributed by atoms with Crippen molar-refractivity contribution >= 4 is 30.4 Å². The summed E-state index contributed by atoms with van der Waals surface area (Å²) in [6.07, 6.45) is 0.439. The van der Waals surface area contributed by atoms with Gasteiger partial charge >= 0.3 is 5.97 Å².